The van der Waals surface area contributed by atoms with Crippen LogP contribution >= 0.6 is 0 Å². The van der Waals surface area contributed by atoms with E-state index in [1.165, 1.54) is 0 Å². The van der Waals surface area contributed by atoms with Crippen LogP contribution in [0.15, 0.2) is 35.1 Å². The van der Waals surface area contributed by atoms with E-state index in [0.717, 1.165) is 5.56 Å². The molecular formula is C17H21N3O4. The van der Waals surface area contributed by atoms with Crippen LogP contribution in [0.4, 0.5) is 0 Å². The first-order valence-corrected chi connectivity index (χ1v) is 7.82. The molecule has 128 valence electrons. The lowest BCUT2D eigenvalue weighted by Crippen LogP contribution is -2.55. The molecule has 0 saturated carbocycles. The van der Waals surface area contributed by atoms with Gasteiger partial charge in [0.25, 0.3) is 5.91 Å². The van der Waals surface area contributed by atoms with Gasteiger partial charge in [0.05, 0.1) is 18.3 Å². The van der Waals surface area contributed by atoms with E-state index < -0.39 is 5.60 Å². The molecule has 1 aliphatic rings. The van der Waals surface area contributed by atoms with Gasteiger partial charge in [-0.25, -0.2) is 0 Å². The van der Waals surface area contributed by atoms with Crippen LogP contribution in [-0.4, -0.2) is 59.5 Å². The minimum Gasteiger partial charge on any atom is -0.382 e. The first kappa shape index (κ1) is 16.6. The number of hydrogen-bond donors (Lipinski definition) is 0. The minimum atomic E-state index is -0.436. The third-order valence-corrected chi connectivity index (χ3v) is 3.82. The molecule has 1 atom stereocenters. The molecule has 0 spiro atoms. The highest BCUT2D eigenvalue weighted by Gasteiger charge is 2.36. The number of methoxy groups -OCH3 is 1. The molecule has 1 amide bonds. The van der Waals surface area contributed by atoms with Gasteiger partial charge in [0.1, 0.15) is 0 Å². The number of amides is 1. The minimum absolute atomic E-state index is 0.158. The molecular weight excluding hydrogens is 310 g/mol. The van der Waals surface area contributed by atoms with E-state index in [9.17, 15) is 4.79 Å². The molecule has 7 heteroatoms. The van der Waals surface area contributed by atoms with Crippen LogP contribution in [0.25, 0.3) is 11.3 Å². The second-order valence-electron chi connectivity index (χ2n) is 6.45. The first-order chi connectivity index (χ1) is 11.5. The van der Waals surface area contributed by atoms with E-state index in [2.05, 4.69) is 10.1 Å². The molecule has 0 aliphatic carbocycles. The predicted octanol–water partition coefficient (Wildman–Crippen LogP) is 2.00. The Morgan fingerprint density at radius 1 is 1.42 bits per heavy atom. The Bertz CT molecular complexity index is 699. The quantitative estimate of drug-likeness (QED) is 0.853. The van der Waals surface area contributed by atoms with Crippen molar-refractivity contribution in [1.29, 1.82) is 0 Å². The fourth-order valence-electron chi connectivity index (χ4n) is 2.91. The van der Waals surface area contributed by atoms with Crippen LogP contribution in [0.5, 0.6) is 0 Å². The number of ether oxygens (including phenoxy) is 2. The largest absolute Gasteiger partial charge is 0.382 e. The van der Waals surface area contributed by atoms with Crippen LogP contribution in [0, 0.1) is 0 Å². The number of carbonyl (C=O) groups is 1. The number of carbonyl (C=O) groups excluding carboxylic acids is 1. The molecule has 3 heterocycles. The van der Waals surface area contributed by atoms with Crippen molar-refractivity contribution in [2.45, 2.75) is 25.6 Å². The Labute approximate surface area is 140 Å². The summed E-state index contributed by atoms with van der Waals surface area (Å²) < 4.78 is 16.4. The summed E-state index contributed by atoms with van der Waals surface area (Å²) in [5.41, 5.74) is 0.682. The summed E-state index contributed by atoms with van der Waals surface area (Å²) in [5, 5.41) is 3.93. The first-order valence-electron chi connectivity index (χ1n) is 7.82. The molecule has 24 heavy (non-hydrogen) atoms. The van der Waals surface area contributed by atoms with Gasteiger partial charge in [-0.2, -0.15) is 0 Å². The van der Waals surface area contributed by atoms with Crippen LogP contribution in [0.3, 0.4) is 0 Å². The molecule has 0 N–H and O–H groups in total. The molecule has 0 radical (unpaired) electrons. The molecule has 0 aromatic carbocycles. The molecule has 1 aliphatic heterocycles. The highest BCUT2D eigenvalue weighted by Crippen LogP contribution is 2.24. The summed E-state index contributed by atoms with van der Waals surface area (Å²) >= 11 is 0. The molecule has 0 bridgehead atoms. The third kappa shape index (κ3) is 3.63. The average molecular weight is 331 g/mol. The van der Waals surface area contributed by atoms with Gasteiger partial charge in [0.15, 0.2) is 11.5 Å². The van der Waals surface area contributed by atoms with E-state index in [-0.39, 0.29) is 17.7 Å². The van der Waals surface area contributed by atoms with Crippen LogP contribution in [0.1, 0.15) is 24.3 Å². The number of morpholine rings is 1. The summed E-state index contributed by atoms with van der Waals surface area (Å²) in [6.45, 7) is 5.31. The topological polar surface area (TPSA) is 77.7 Å². The van der Waals surface area contributed by atoms with Gasteiger partial charge in [-0.05, 0) is 26.0 Å². The van der Waals surface area contributed by atoms with Crippen molar-refractivity contribution in [3.63, 3.8) is 0 Å². The molecule has 1 fully saturated rings. The van der Waals surface area contributed by atoms with Crippen molar-refractivity contribution in [3.05, 3.63) is 36.3 Å². The SMILES string of the molecule is COC[C@@H]1CN(C(=O)c2cc(-c3ccncc3)on2)CC(C)(C)O1. The Hall–Kier alpha value is -2.25. The number of rotatable bonds is 4. The molecule has 7 nitrogen and oxygen atoms in total. The lowest BCUT2D eigenvalue weighted by Gasteiger charge is -2.42. The molecule has 0 unspecified atom stereocenters. The van der Waals surface area contributed by atoms with Gasteiger partial charge in [0.2, 0.25) is 0 Å². The van der Waals surface area contributed by atoms with Crippen LogP contribution in [0.2, 0.25) is 0 Å². The van der Waals surface area contributed by atoms with Gasteiger partial charge >= 0.3 is 0 Å². The Morgan fingerprint density at radius 3 is 2.88 bits per heavy atom. The third-order valence-electron chi connectivity index (χ3n) is 3.82. The zero-order chi connectivity index (χ0) is 17.2. The predicted molar refractivity (Wildman–Crippen MR) is 86.5 cm³/mol. The normalized spacial score (nSPS) is 20.1. The highest BCUT2D eigenvalue weighted by atomic mass is 16.5. The van der Waals surface area contributed by atoms with E-state index in [4.69, 9.17) is 14.0 Å². The number of nitrogens with zero attached hydrogens (tertiary/aromatic N) is 3. The van der Waals surface area contributed by atoms with Gasteiger partial charge in [-0.3, -0.25) is 9.78 Å². The lowest BCUT2D eigenvalue weighted by atomic mass is 10.0. The zero-order valence-electron chi connectivity index (χ0n) is 14.1. The summed E-state index contributed by atoms with van der Waals surface area (Å²) in [5.74, 6) is 0.373. The van der Waals surface area contributed by atoms with Crippen molar-refractivity contribution in [2.75, 3.05) is 26.8 Å². The summed E-state index contributed by atoms with van der Waals surface area (Å²) in [7, 11) is 1.62. The molecule has 2 aromatic rings. The van der Waals surface area contributed by atoms with Crippen molar-refractivity contribution >= 4 is 5.91 Å². The van der Waals surface area contributed by atoms with E-state index in [0.29, 0.717) is 25.5 Å². The molecule has 1 saturated heterocycles. The standard InChI is InChI=1S/C17H21N3O4/c1-17(2)11-20(9-13(23-17)10-22-3)16(21)14-8-15(24-19-14)12-4-6-18-7-5-12/h4-8,13H,9-11H2,1-3H3/t13-/m0/s1. The monoisotopic (exact) mass is 331 g/mol. The maximum Gasteiger partial charge on any atom is 0.276 e. The fraction of sp³-hybridized carbons (Fsp3) is 0.471. The van der Waals surface area contributed by atoms with Crippen molar-refractivity contribution in [1.82, 2.24) is 15.0 Å². The summed E-state index contributed by atoms with van der Waals surface area (Å²) in [6, 6.07) is 5.27. The Balaban J connectivity index is 1.77. The zero-order valence-corrected chi connectivity index (χ0v) is 14.1. The second kappa shape index (κ2) is 6.70. The van der Waals surface area contributed by atoms with Crippen molar-refractivity contribution < 1.29 is 18.8 Å². The summed E-state index contributed by atoms with van der Waals surface area (Å²) in [4.78, 5) is 18.5. The lowest BCUT2D eigenvalue weighted by molar-refractivity contribution is -0.143. The maximum absolute atomic E-state index is 12.8. The van der Waals surface area contributed by atoms with Gasteiger partial charge in [-0.1, -0.05) is 5.16 Å². The smallest absolute Gasteiger partial charge is 0.276 e. The highest BCUT2D eigenvalue weighted by molar-refractivity contribution is 5.93. The van der Waals surface area contributed by atoms with Crippen molar-refractivity contribution in [2.24, 2.45) is 0 Å². The molecule has 2 aromatic heterocycles. The average Bonchev–Trinajstić information content (AvgIpc) is 3.04. The van der Waals surface area contributed by atoms with Gasteiger partial charge < -0.3 is 18.9 Å². The maximum atomic E-state index is 12.8. The molecule has 3 rings (SSSR count). The number of pyridine rings is 1. The van der Waals surface area contributed by atoms with Crippen molar-refractivity contribution in [3.8, 4) is 11.3 Å². The number of hydrogen-bond acceptors (Lipinski definition) is 6. The van der Waals surface area contributed by atoms with Gasteiger partial charge in [0, 0.05) is 44.2 Å². The van der Waals surface area contributed by atoms with E-state index in [1.54, 1.807) is 42.6 Å². The van der Waals surface area contributed by atoms with Gasteiger partial charge in [-0.15, -0.1) is 0 Å². The second-order valence-corrected chi connectivity index (χ2v) is 6.45. The summed E-state index contributed by atoms with van der Waals surface area (Å²) in [6.07, 6.45) is 3.17. The van der Waals surface area contributed by atoms with E-state index >= 15 is 0 Å². The fourth-order valence-corrected chi connectivity index (χ4v) is 2.91. The number of aromatic nitrogens is 2. The Kier molecular flexibility index (Phi) is 4.64. The Morgan fingerprint density at radius 2 is 2.17 bits per heavy atom. The van der Waals surface area contributed by atoms with Crippen LogP contribution < -0.4 is 0 Å². The van der Waals surface area contributed by atoms with Crippen LogP contribution in [-0.2, 0) is 9.47 Å². The van der Waals surface area contributed by atoms with E-state index in [1.807, 2.05) is 13.8 Å².